The summed E-state index contributed by atoms with van der Waals surface area (Å²) in [5.74, 6) is -0.0595. The van der Waals surface area contributed by atoms with Crippen LogP contribution in [0.1, 0.15) is 25.7 Å². The van der Waals surface area contributed by atoms with Crippen molar-refractivity contribution in [1.29, 1.82) is 0 Å². The van der Waals surface area contributed by atoms with E-state index in [9.17, 15) is 9.59 Å². The summed E-state index contributed by atoms with van der Waals surface area (Å²) in [6.07, 6.45) is 2.53. The van der Waals surface area contributed by atoms with Crippen LogP contribution in [0.3, 0.4) is 0 Å². The third kappa shape index (κ3) is 0.643. The topological polar surface area (TPSA) is 82.9 Å². The minimum Gasteiger partial charge on any atom is -0.272 e. The Hall–Kier alpha value is -1.72. The highest BCUT2D eigenvalue weighted by Crippen LogP contribution is 2.56. The van der Waals surface area contributed by atoms with Gasteiger partial charge in [-0.2, -0.15) is 10.2 Å². The van der Waals surface area contributed by atoms with Gasteiger partial charge in [0, 0.05) is 12.8 Å². The third-order valence-electron chi connectivity index (χ3n) is 4.48. The number of carbonyl (C=O) groups excluding carboxylic acids is 2. The molecule has 82 valence electrons. The van der Waals surface area contributed by atoms with Crippen LogP contribution in [-0.4, -0.2) is 23.2 Å². The molecule has 2 N–H and O–H groups in total. The second kappa shape index (κ2) is 2.18. The molecular formula is C10H10N4O2. The van der Waals surface area contributed by atoms with E-state index in [-0.39, 0.29) is 11.8 Å². The van der Waals surface area contributed by atoms with Crippen molar-refractivity contribution in [1.82, 2.24) is 10.9 Å². The van der Waals surface area contributed by atoms with Gasteiger partial charge in [-0.1, -0.05) is 0 Å². The van der Waals surface area contributed by atoms with Crippen LogP contribution in [0.5, 0.6) is 0 Å². The normalized spacial score (nSPS) is 43.2. The average molecular weight is 218 g/mol. The fraction of sp³-hybridized carbons (Fsp3) is 0.600. The molecule has 16 heavy (non-hydrogen) atoms. The predicted molar refractivity (Wildman–Crippen MR) is 54.5 cm³/mol. The lowest BCUT2D eigenvalue weighted by Gasteiger charge is -2.46. The van der Waals surface area contributed by atoms with E-state index in [0.717, 1.165) is 11.4 Å². The summed E-state index contributed by atoms with van der Waals surface area (Å²) >= 11 is 0. The van der Waals surface area contributed by atoms with E-state index in [1.807, 2.05) is 0 Å². The monoisotopic (exact) mass is 218 g/mol. The minimum atomic E-state index is -0.493. The summed E-state index contributed by atoms with van der Waals surface area (Å²) in [7, 11) is 0. The lowest BCUT2D eigenvalue weighted by Crippen LogP contribution is -2.57. The van der Waals surface area contributed by atoms with Crippen molar-refractivity contribution in [3.8, 4) is 0 Å². The summed E-state index contributed by atoms with van der Waals surface area (Å²) in [5.41, 5.74) is 5.79. The highest BCUT2D eigenvalue weighted by atomic mass is 16.2. The molecule has 0 aromatic carbocycles. The van der Waals surface area contributed by atoms with E-state index < -0.39 is 10.8 Å². The molecule has 2 atom stereocenters. The summed E-state index contributed by atoms with van der Waals surface area (Å²) < 4.78 is 0. The van der Waals surface area contributed by atoms with Crippen molar-refractivity contribution in [2.45, 2.75) is 25.7 Å². The largest absolute Gasteiger partial charge is 0.272 e. The number of fused-ring (bicyclic) bond motifs is 1. The number of hydrogen-bond donors (Lipinski definition) is 2. The van der Waals surface area contributed by atoms with Crippen molar-refractivity contribution >= 4 is 23.2 Å². The zero-order valence-electron chi connectivity index (χ0n) is 8.54. The molecule has 0 aromatic rings. The van der Waals surface area contributed by atoms with Crippen LogP contribution in [0.2, 0.25) is 0 Å². The quantitative estimate of drug-likeness (QED) is 0.575. The van der Waals surface area contributed by atoms with Crippen LogP contribution in [0, 0.1) is 10.8 Å². The van der Waals surface area contributed by atoms with E-state index in [4.69, 9.17) is 0 Å². The Kier molecular flexibility index (Phi) is 1.15. The van der Waals surface area contributed by atoms with Gasteiger partial charge in [-0.05, 0) is 12.8 Å². The Morgan fingerprint density at radius 2 is 1.31 bits per heavy atom. The Balaban J connectivity index is 1.92. The Bertz CT molecular complexity index is 463. The maximum atomic E-state index is 11.9. The molecule has 3 fully saturated rings. The first-order chi connectivity index (χ1) is 7.67. The van der Waals surface area contributed by atoms with Crippen LogP contribution in [-0.2, 0) is 9.59 Å². The molecule has 0 radical (unpaired) electrons. The zero-order valence-corrected chi connectivity index (χ0v) is 8.54. The van der Waals surface area contributed by atoms with Gasteiger partial charge in [-0.25, -0.2) is 10.9 Å². The Labute approximate surface area is 91.2 Å². The molecule has 0 aromatic heterocycles. The molecule has 2 spiro atoms. The number of carbonyl (C=O) groups is 2. The molecule has 2 aliphatic heterocycles. The number of rotatable bonds is 0. The molecule has 2 bridgehead atoms. The second-order valence-corrected chi connectivity index (χ2v) is 5.02. The molecule has 3 saturated carbocycles. The SMILES string of the molecule is O=C1NN=C2C[C@@]34CC[C@@]12CC3=NNC4=O. The first-order valence-corrected chi connectivity index (χ1v) is 5.42. The van der Waals surface area contributed by atoms with Gasteiger partial charge < -0.3 is 0 Å². The van der Waals surface area contributed by atoms with Crippen LogP contribution < -0.4 is 10.9 Å². The minimum absolute atomic E-state index is 0.0298. The molecule has 5 aliphatic rings. The van der Waals surface area contributed by atoms with Crippen LogP contribution >= 0.6 is 0 Å². The number of hydrazone groups is 2. The second-order valence-electron chi connectivity index (χ2n) is 5.02. The molecule has 0 saturated heterocycles. The molecule has 0 unspecified atom stereocenters. The highest BCUT2D eigenvalue weighted by molar-refractivity contribution is 6.26. The molecule has 2 heterocycles. The molecule has 2 amide bonds. The van der Waals surface area contributed by atoms with E-state index in [0.29, 0.717) is 25.7 Å². The fourth-order valence-electron chi connectivity index (χ4n) is 3.40. The van der Waals surface area contributed by atoms with E-state index in [2.05, 4.69) is 21.1 Å². The van der Waals surface area contributed by atoms with Gasteiger partial charge >= 0.3 is 0 Å². The number of nitrogens with one attached hydrogen (secondary N) is 2. The van der Waals surface area contributed by atoms with Gasteiger partial charge in [0.05, 0.1) is 22.3 Å². The smallest absolute Gasteiger partial charge is 0.252 e. The Morgan fingerprint density at radius 1 is 0.875 bits per heavy atom. The van der Waals surface area contributed by atoms with E-state index in [1.54, 1.807) is 0 Å². The van der Waals surface area contributed by atoms with Crippen molar-refractivity contribution in [2.24, 2.45) is 21.0 Å². The van der Waals surface area contributed by atoms with Gasteiger partial charge in [-0.15, -0.1) is 0 Å². The highest BCUT2D eigenvalue weighted by Gasteiger charge is 2.65. The number of nitrogens with zero attached hydrogens (tertiary/aromatic N) is 2. The lowest BCUT2D eigenvalue weighted by atomic mass is 9.52. The van der Waals surface area contributed by atoms with Crippen molar-refractivity contribution < 1.29 is 9.59 Å². The summed E-state index contributed by atoms with van der Waals surface area (Å²) in [4.78, 5) is 23.7. The van der Waals surface area contributed by atoms with Gasteiger partial charge in [0.25, 0.3) is 11.8 Å². The lowest BCUT2D eigenvalue weighted by molar-refractivity contribution is -0.131. The van der Waals surface area contributed by atoms with E-state index in [1.165, 1.54) is 0 Å². The maximum Gasteiger partial charge on any atom is 0.252 e. The van der Waals surface area contributed by atoms with Crippen LogP contribution in [0.15, 0.2) is 10.2 Å². The summed E-state index contributed by atoms with van der Waals surface area (Å²) in [5, 5.41) is 8.17. The molecule has 5 rings (SSSR count). The predicted octanol–water partition coefficient (Wildman–Crippen LogP) is -0.482. The van der Waals surface area contributed by atoms with Crippen LogP contribution in [0.4, 0.5) is 0 Å². The number of amides is 2. The average Bonchev–Trinajstić information content (AvgIpc) is 2.79. The Morgan fingerprint density at radius 3 is 1.75 bits per heavy atom. The first kappa shape index (κ1) is 8.43. The molecular weight excluding hydrogens is 208 g/mol. The third-order valence-corrected chi connectivity index (χ3v) is 4.48. The van der Waals surface area contributed by atoms with Crippen LogP contribution in [0.25, 0.3) is 0 Å². The number of hydrogen-bond acceptors (Lipinski definition) is 4. The van der Waals surface area contributed by atoms with Crippen molar-refractivity contribution in [3.05, 3.63) is 0 Å². The summed E-state index contributed by atoms with van der Waals surface area (Å²) in [6, 6.07) is 0. The standard InChI is InChI=1S/C10H10N4O2/c15-7-9-1-2-10(4-5(9)11-13-7)6(3-9)12-14-8(10)16/h1-4H2,(H,13,15)(H,14,16)/t9-,10-/m0/s1. The van der Waals surface area contributed by atoms with E-state index >= 15 is 0 Å². The molecule has 6 heteroatoms. The van der Waals surface area contributed by atoms with Gasteiger partial charge in [0.2, 0.25) is 0 Å². The molecule has 3 aliphatic carbocycles. The first-order valence-electron chi connectivity index (χ1n) is 5.42. The van der Waals surface area contributed by atoms with Gasteiger partial charge in [0.15, 0.2) is 0 Å². The van der Waals surface area contributed by atoms with Gasteiger partial charge in [-0.3, -0.25) is 9.59 Å². The van der Waals surface area contributed by atoms with Crippen molar-refractivity contribution in [2.75, 3.05) is 0 Å². The van der Waals surface area contributed by atoms with Gasteiger partial charge in [0.1, 0.15) is 0 Å². The molecule has 6 nitrogen and oxygen atoms in total. The summed E-state index contributed by atoms with van der Waals surface area (Å²) in [6.45, 7) is 0. The fourth-order valence-corrected chi connectivity index (χ4v) is 3.40. The maximum absolute atomic E-state index is 11.9. The van der Waals surface area contributed by atoms with Crippen molar-refractivity contribution in [3.63, 3.8) is 0 Å². The zero-order chi connectivity index (χ0) is 11.0.